The lowest BCUT2D eigenvalue weighted by molar-refractivity contribution is 0.244. The van der Waals surface area contributed by atoms with Gasteiger partial charge in [-0.1, -0.05) is 53.0 Å². The van der Waals surface area contributed by atoms with Crippen molar-refractivity contribution < 1.29 is 4.79 Å². The quantitative estimate of drug-likeness (QED) is 0.712. The standard InChI is InChI=1S/C17H13Cl3N2O/c1-10-8-14(11-4-2-5-12(18)9-11)21-17(23)22(10)15-7-3-6-13(19)16(15)20/h2-9,14H,1H3,(H,21,23). The maximum Gasteiger partial charge on any atom is 0.327 e. The third-order valence-electron chi connectivity index (χ3n) is 3.62. The van der Waals surface area contributed by atoms with Crippen LogP contribution in [-0.2, 0) is 0 Å². The Hall–Kier alpha value is -1.68. The van der Waals surface area contributed by atoms with Gasteiger partial charge in [0.2, 0.25) is 0 Å². The SMILES string of the molecule is CC1=CC(c2cccc(Cl)c2)NC(=O)N1c1cccc(Cl)c1Cl. The third-order valence-corrected chi connectivity index (χ3v) is 4.67. The number of rotatable bonds is 2. The monoisotopic (exact) mass is 366 g/mol. The number of anilines is 1. The van der Waals surface area contributed by atoms with E-state index in [1.165, 1.54) is 4.90 Å². The van der Waals surface area contributed by atoms with Crippen LogP contribution in [0.25, 0.3) is 0 Å². The zero-order chi connectivity index (χ0) is 16.6. The second-order valence-electron chi connectivity index (χ2n) is 5.20. The minimum absolute atomic E-state index is 0.240. The molecular weight excluding hydrogens is 355 g/mol. The Labute approximate surface area is 149 Å². The number of benzene rings is 2. The average Bonchev–Trinajstić information content (AvgIpc) is 2.50. The summed E-state index contributed by atoms with van der Waals surface area (Å²) in [5.41, 5.74) is 2.24. The van der Waals surface area contributed by atoms with Gasteiger partial charge in [-0.3, -0.25) is 4.90 Å². The number of amides is 2. The van der Waals surface area contributed by atoms with Crippen LogP contribution in [0.2, 0.25) is 15.1 Å². The maximum absolute atomic E-state index is 12.6. The molecule has 0 fully saturated rings. The van der Waals surface area contributed by atoms with Gasteiger partial charge in [0.15, 0.2) is 0 Å². The highest BCUT2D eigenvalue weighted by Crippen LogP contribution is 2.36. The molecule has 0 saturated carbocycles. The molecule has 23 heavy (non-hydrogen) atoms. The summed E-state index contributed by atoms with van der Waals surface area (Å²) in [6.45, 7) is 1.85. The van der Waals surface area contributed by atoms with Crippen LogP contribution in [0.1, 0.15) is 18.5 Å². The average molecular weight is 368 g/mol. The topological polar surface area (TPSA) is 32.3 Å². The van der Waals surface area contributed by atoms with Crippen LogP contribution in [0.4, 0.5) is 10.5 Å². The highest BCUT2D eigenvalue weighted by atomic mass is 35.5. The van der Waals surface area contributed by atoms with E-state index in [4.69, 9.17) is 34.8 Å². The van der Waals surface area contributed by atoms with Crippen LogP contribution in [0.15, 0.2) is 54.2 Å². The number of nitrogens with one attached hydrogen (secondary N) is 1. The summed E-state index contributed by atoms with van der Waals surface area (Å²) in [7, 11) is 0. The van der Waals surface area contributed by atoms with Crippen molar-refractivity contribution >= 4 is 46.5 Å². The summed E-state index contributed by atoms with van der Waals surface area (Å²) in [5, 5.41) is 4.31. The van der Waals surface area contributed by atoms with Gasteiger partial charge in [-0.25, -0.2) is 4.79 Å². The number of halogens is 3. The van der Waals surface area contributed by atoms with Crippen LogP contribution in [0.5, 0.6) is 0 Å². The fourth-order valence-corrected chi connectivity index (χ4v) is 3.14. The summed E-state index contributed by atoms with van der Waals surface area (Å²) in [4.78, 5) is 14.1. The lowest BCUT2D eigenvalue weighted by Crippen LogP contribution is -2.44. The molecule has 1 heterocycles. The molecule has 2 aromatic carbocycles. The van der Waals surface area contributed by atoms with Crippen molar-refractivity contribution in [1.29, 1.82) is 0 Å². The minimum Gasteiger partial charge on any atom is -0.327 e. The van der Waals surface area contributed by atoms with Gasteiger partial charge in [-0.15, -0.1) is 0 Å². The molecular formula is C17H13Cl3N2O. The van der Waals surface area contributed by atoms with Gasteiger partial charge in [0.25, 0.3) is 0 Å². The molecule has 2 amide bonds. The molecule has 1 aliphatic rings. The third kappa shape index (κ3) is 3.18. The Kier molecular flexibility index (Phi) is 4.53. The van der Waals surface area contributed by atoms with Crippen molar-refractivity contribution in [3.05, 3.63) is 74.9 Å². The first-order valence-electron chi connectivity index (χ1n) is 6.96. The Balaban J connectivity index is 1.99. The minimum atomic E-state index is -0.265. The van der Waals surface area contributed by atoms with E-state index in [1.54, 1.807) is 24.3 Å². The molecule has 2 aromatic rings. The van der Waals surface area contributed by atoms with Crippen LogP contribution in [-0.4, -0.2) is 6.03 Å². The molecule has 118 valence electrons. The van der Waals surface area contributed by atoms with Crippen molar-refractivity contribution in [2.75, 3.05) is 4.90 Å². The van der Waals surface area contributed by atoms with Gasteiger partial charge in [0.1, 0.15) is 0 Å². The Bertz CT molecular complexity index is 804. The van der Waals surface area contributed by atoms with E-state index >= 15 is 0 Å². The van der Waals surface area contributed by atoms with E-state index in [0.717, 1.165) is 11.3 Å². The van der Waals surface area contributed by atoms with E-state index in [-0.39, 0.29) is 12.1 Å². The first-order chi connectivity index (χ1) is 11.0. The molecule has 0 aliphatic carbocycles. The summed E-state index contributed by atoms with van der Waals surface area (Å²) >= 11 is 18.3. The van der Waals surface area contributed by atoms with Gasteiger partial charge in [-0.2, -0.15) is 0 Å². The lowest BCUT2D eigenvalue weighted by Gasteiger charge is -2.32. The molecule has 3 rings (SSSR count). The molecule has 1 atom stereocenters. The molecule has 6 heteroatoms. The normalized spacial score (nSPS) is 17.7. The zero-order valence-electron chi connectivity index (χ0n) is 12.2. The molecule has 3 nitrogen and oxygen atoms in total. The first kappa shape index (κ1) is 16.2. The summed E-state index contributed by atoms with van der Waals surface area (Å²) in [5.74, 6) is 0. The molecule has 0 spiro atoms. The zero-order valence-corrected chi connectivity index (χ0v) is 14.5. The molecule has 1 aliphatic heterocycles. The Morgan fingerprint density at radius 2 is 1.83 bits per heavy atom. The second-order valence-corrected chi connectivity index (χ2v) is 6.42. The predicted molar refractivity (Wildman–Crippen MR) is 95.4 cm³/mol. The molecule has 1 unspecified atom stereocenters. The van der Waals surface area contributed by atoms with Gasteiger partial charge in [0, 0.05) is 10.7 Å². The predicted octanol–water partition coefficient (Wildman–Crippen LogP) is 5.82. The van der Waals surface area contributed by atoms with Gasteiger partial charge in [0.05, 0.1) is 21.8 Å². The number of hydrogen-bond acceptors (Lipinski definition) is 1. The smallest absolute Gasteiger partial charge is 0.327 e. The number of allylic oxidation sites excluding steroid dienone is 1. The Morgan fingerprint density at radius 3 is 2.52 bits per heavy atom. The van der Waals surface area contributed by atoms with E-state index in [9.17, 15) is 4.79 Å². The van der Waals surface area contributed by atoms with Gasteiger partial charge >= 0.3 is 6.03 Å². The number of urea groups is 1. The maximum atomic E-state index is 12.6. The van der Waals surface area contributed by atoms with Crippen LogP contribution in [0, 0.1) is 0 Å². The lowest BCUT2D eigenvalue weighted by atomic mass is 10.0. The number of nitrogens with zero attached hydrogens (tertiary/aromatic N) is 1. The van der Waals surface area contributed by atoms with E-state index in [2.05, 4.69) is 5.32 Å². The highest BCUT2D eigenvalue weighted by Gasteiger charge is 2.28. The fourth-order valence-electron chi connectivity index (χ4n) is 2.56. The van der Waals surface area contributed by atoms with Crippen molar-refractivity contribution in [1.82, 2.24) is 5.32 Å². The van der Waals surface area contributed by atoms with E-state index < -0.39 is 0 Å². The van der Waals surface area contributed by atoms with Crippen LogP contribution >= 0.6 is 34.8 Å². The van der Waals surface area contributed by atoms with Crippen LogP contribution in [0.3, 0.4) is 0 Å². The number of carbonyl (C=O) groups excluding carboxylic acids is 1. The molecule has 0 saturated heterocycles. The first-order valence-corrected chi connectivity index (χ1v) is 8.09. The number of hydrogen-bond donors (Lipinski definition) is 1. The van der Waals surface area contributed by atoms with E-state index in [0.29, 0.717) is 20.8 Å². The van der Waals surface area contributed by atoms with Crippen molar-refractivity contribution in [3.8, 4) is 0 Å². The largest absolute Gasteiger partial charge is 0.327 e. The second kappa shape index (κ2) is 6.44. The Morgan fingerprint density at radius 1 is 1.09 bits per heavy atom. The van der Waals surface area contributed by atoms with E-state index in [1.807, 2.05) is 31.2 Å². The van der Waals surface area contributed by atoms with Crippen molar-refractivity contribution in [3.63, 3.8) is 0 Å². The van der Waals surface area contributed by atoms with Gasteiger partial charge < -0.3 is 5.32 Å². The molecule has 0 bridgehead atoms. The van der Waals surface area contributed by atoms with Crippen molar-refractivity contribution in [2.45, 2.75) is 13.0 Å². The summed E-state index contributed by atoms with van der Waals surface area (Å²) in [6.07, 6.45) is 1.95. The van der Waals surface area contributed by atoms with Crippen LogP contribution < -0.4 is 10.2 Å². The highest BCUT2D eigenvalue weighted by molar-refractivity contribution is 6.44. The van der Waals surface area contributed by atoms with Crippen molar-refractivity contribution in [2.24, 2.45) is 0 Å². The molecule has 0 aromatic heterocycles. The molecule has 0 radical (unpaired) electrons. The van der Waals surface area contributed by atoms with Gasteiger partial charge in [-0.05, 0) is 42.8 Å². The summed E-state index contributed by atoms with van der Waals surface area (Å²) in [6, 6.07) is 12.1. The summed E-state index contributed by atoms with van der Waals surface area (Å²) < 4.78 is 0. The fraction of sp³-hybridized carbons (Fsp3) is 0.118. The molecule has 1 N–H and O–H groups in total. The number of carbonyl (C=O) groups is 1.